The summed E-state index contributed by atoms with van der Waals surface area (Å²) < 4.78 is 6.28. The highest BCUT2D eigenvalue weighted by molar-refractivity contribution is 9.10. The quantitative estimate of drug-likeness (QED) is 0.158. The van der Waals surface area contributed by atoms with Crippen LogP contribution in [-0.4, -0.2) is 38.1 Å². The third-order valence-electron chi connectivity index (χ3n) is 5.17. The number of halogens is 3. The lowest BCUT2D eigenvalue weighted by Crippen LogP contribution is -2.24. The summed E-state index contributed by atoms with van der Waals surface area (Å²) in [4.78, 5) is 29.2. The third-order valence-corrected chi connectivity index (χ3v) is 6.30. The Kier molecular flexibility index (Phi) is 8.52. The number of aromatic nitrogens is 4. The van der Waals surface area contributed by atoms with Gasteiger partial charge in [-0.25, -0.2) is 15.0 Å². The third kappa shape index (κ3) is 7.09. The number of esters is 1. The molecule has 0 saturated heterocycles. The first-order valence-corrected chi connectivity index (χ1v) is 13.2. The van der Waals surface area contributed by atoms with Crippen LogP contribution in [0, 0.1) is 0 Å². The smallest absolute Gasteiger partial charge is 0.306 e. The number of hydrogen-bond donors (Lipinski definition) is 2. The van der Waals surface area contributed by atoms with Gasteiger partial charge < -0.3 is 15.0 Å². The monoisotopic (exact) mass is 601 g/mol. The number of rotatable bonds is 8. The first-order valence-electron chi connectivity index (χ1n) is 11.7. The zero-order valence-electron chi connectivity index (χ0n) is 20.6. The standard InChI is InChI=1S/C27H26BrCl2N5O2/c1-27(2,3)37-21(36)11-6-13-31-26-32-14-12-20(33-26)24-23(16-7-4-8-17(28)15-16)34-25(35-24)22-18(29)9-5-10-19(22)30/h4-5,7-10,12,14-15H,6,11,13H2,1-3H3,(H,34,35)(H,31,32,33). The van der Waals surface area contributed by atoms with Crippen molar-refractivity contribution in [2.24, 2.45) is 0 Å². The average molecular weight is 603 g/mol. The largest absolute Gasteiger partial charge is 0.460 e. The highest BCUT2D eigenvalue weighted by Gasteiger charge is 2.20. The van der Waals surface area contributed by atoms with Crippen LogP contribution in [0.1, 0.15) is 33.6 Å². The molecule has 0 bridgehead atoms. The minimum atomic E-state index is -0.495. The molecule has 4 aromatic rings. The van der Waals surface area contributed by atoms with Crippen LogP contribution in [0.15, 0.2) is 59.2 Å². The summed E-state index contributed by atoms with van der Waals surface area (Å²) in [5, 5.41) is 4.16. The van der Waals surface area contributed by atoms with Crippen molar-refractivity contribution in [1.29, 1.82) is 0 Å². The zero-order chi connectivity index (χ0) is 26.6. The summed E-state index contributed by atoms with van der Waals surface area (Å²) in [5.41, 5.74) is 3.04. The van der Waals surface area contributed by atoms with Crippen molar-refractivity contribution in [3.8, 4) is 34.0 Å². The first kappa shape index (κ1) is 27.1. The molecule has 2 heterocycles. The lowest BCUT2D eigenvalue weighted by atomic mass is 10.1. The van der Waals surface area contributed by atoms with Crippen LogP contribution in [0.2, 0.25) is 10.0 Å². The number of hydrogen-bond acceptors (Lipinski definition) is 6. The Morgan fingerprint density at radius 3 is 2.51 bits per heavy atom. The van der Waals surface area contributed by atoms with E-state index < -0.39 is 5.60 Å². The number of anilines is 1. The molecule has 0 radical (unpaired) electrons. The van der Waals surface area contributed by atoms with Crippen LogP contribution in [0.5, 0.6) is 0 Å². The average Bonchev–Trinajstić information content (AvgIpc) is 3.26. The van der Waals surface area contributed by atoms with E-state index in [9.17, 15) is 4.79 Å². The van der Waals surface area contributed by atoms with Crippen LogP contribution in [0.3, 0.4) is 0 Å². The van der Waals surface area contributed by atoms with Gasteiger partial charge in [0, 0.05) is 29.2 Å². The molecule has 2 N–H and O–H groups in total. The normalized spacial score (nSPS) is 11.4. The Morgan fingerprint density at radius 2 is 1.81 bits per heavy atom. The number of carbonyl (C=O) groups excluding carboxylic acids is 1. The molecule has 2 aromatic heterocycles. The van der Waals surface area contributed by atoms with Crippen LogP contribution < -0.4 is 5.32 Å². The predicted molar refractivity (Wildman–Crippen MR) is 152 cm³/mol. The molecule has 10 heteroatoms. The maximum Gasteiger partial charge on any atom is 0.306 e. The molecule has 0 aliphatic heterocycles. The van der Waals surface area contributed by atoms with Crippen molar-refractivity contribution in [3.63, 3.8) is 0 Å². The van der Waals surface area contributed by atoms with Gasteiger partial charge in [0.25, 0.3) is 0 Å². The van der Waals surface area contributed by atoms with Gasteiger partial charge in [-0.1, -0.05) is 57.3 Å². The van der Waals surface area contributed by atoms with Crippen molar-refractivity contribution in [1.82, 2.24) is 19.9 Å². The summed E-state index contributed by atoms with van der Waals surface area (Å²) in [6, 6.07) is 15.0. The second-order valence-electron chi connectivity index (χ2n) is 9.30. The van der Waals surface area contributed by atoms with Gasteiger partial charge in [0.1, 0.15) is 11.4 Å². The van der Waals surface area contributed by atoms with Crippen LogP contribution in [0.25, 0.3) is 34.0 Å². The topological polar surface area (TPSA) is 92.8 Å². The lowest BCUT2D eigenvalue weighted by Gasteiger charge is -2.19. The van der Waals surface area contributed by atoms with E-state index in [1.54, 1.807) is 30.5 Å². The number of imidazole rings is 1. The lowest BCUT2D eigenvalue weighted by molar-refractivity contribution is -0.154. The van der Waals surface area contributed by atoms with Crippen molar-refractivity contribution >= 4 is 51.0 Å². The zero-order valence-corrected chi connectivity index (χ0v) is 23.7. The first-order chi connectivity index (χ1) is 17.6. The van der Waals surface area contributed by atoms with Crippen molar-refractivity contribution < 1.29 is 9.53 Å². The van der Waals surface area contributed by atoms with Gasteiger partial charge in [0.2, 0.25) is 5.95 Å². The van der Waals surface area contributed by atoms with E-state index in [-0.39, 0.29) is 5.97 Å². The Hall–Kier alpha value is -2.94. The van der Waals surface area contributed by atoms with Crippen molar-refractivity contribution in [3.05, 3.63) is 69.2 Å². The van der Waals surface area contributed by atoms with Gasteiger partial charge in [-0.15, -0.1) is 0 Å². The summed E-state index contributed by atoms with van der Waals surface area (Å²) in [5.74, 6) is 0.741. The second-order valence-corrected chi connectivity index (χ2v) is 11.0. The number of ether oxygens (including phenoxy) is 1. The molecule has 0 amide bonds. The van der Waals surface area contributed by atoms with Crippen molar-refractivity contribution in [2.45, 2.75) is 39.2 Å². The summed E-state index contributed by atoms with van der Waals surface area (Å²) in [7, 11) is 0. The van der Waals surface area contributed by atoms with Gasteiger partial charge in [0.15, 0.2) is 0 Å². The van der Waals surface area contributed by atoms with E-state index >= 15 is 0 Å². The fourth-order valence-electron chi connectivity index (χ4n) is 3.65. The summed E-state index contributed by atoms with van der Waals surface area (Å²) in [6.07, 6.45) is 2.57. The number of carbonyl (C=O) groups is 1. The molecule has 192 valence electrons. The number of nitrogens with one attached hydrogen (secondary N) is 2. The number of H-pyrrole nitrogens is 1. The van der Waals surface area contributed by atoms with E-state index in [0.717, 1.165) is 10.0 Å². The Morgan fingerprint density at radius 1 is 1.08 bits per heavy atom. The Bertz CT molecular complexity index is 1400. The van der Waals surface area contributed by atoms with Crippen LogP contribution in [0.4, 0.5) is 5.95 Å². The van der Waals surface area contributed by atoms with E-state index in [1.165, 1.54) is 0 Å². The predicted octanol–water partition coefficient (Wildman–Crippen LogP) is 7.80. The molecule has 0 atom stereocenters. The molecule has 0 saturated carbocycles. The van der Waals surface area contributed by atoms with Gasteiger partial charge in [0.05, 0.1) is 32.7 Å². The molecule has 0 aliphatic rings. The number of benzene rings is 2. The highest BCUT2D eigenvalue weighted by atomic mass is 79.9. The molecule has 37 heavy (non-hydrogen) atoms. The van der Waals surface area contributed by atoms with Gasteiger partial charge in [-0.3, -0.25) is 4.79 Å². The summed E-state index contributed by atoms with van der Waals surface area (Å²) in [6.45, 7) is 6.08. The fraction of sp³-hybridized carbons (Fsp3) is 0.259. The van der Waals surface area contributed by atoms with Gasteiger partial charge in [-0.2, -0.15) is 0 Å². The fourth-order valence-corrected chi connectivity index (χ4v) is 4.63. The maximum absolute atomic E-state index is 12.0. The van der Waals surface area contributed by atoms with E-state index in [1.807, 2.05) is 45.0 Å². The molecular formula is C27H26BrCl2N5O2. The van der Waals surface area contributed by atoms with Gasteiger partial charge in [-0.05, 0) is 57.5 Å². The molecule has 4 rings (SSSR count). The summed E-state index contributed by atoms with van der Waals surface area (Å²) >= 11 is 16.5. The maximum atomic E-state index is 12.0. The minimum Gasteiger partial charge on any atom is -0.460 e. The Labute approximate surface area is 234 Å². The van der Waals surface area contributed by atoms with Gasteiger partial charge >= 0.3 is 5.97 Å². The molecular weight excluding hydrogens is 577 g/mol. The molecule has 0 spiro atoms. The van der Waals surface area contributed by atoms with Crippen LogP contribution in [-0.2, 0) is 9.53 Å². The highest BCUT2D eigenvalue weighted by Crippen LogP contribution is 2.38. The molecule has 0 unspecified atom stereocenters. The second kappa shape index (κ2) is 11.6. The molecule has 0 aliphatic carbocycles. The number of aromatic amines is 1. The van der Waals surface area contributed by atoms with E-state index in [2.05, 4.69) is 31.2 Å². The Balaban J connectivity index is 1.62. The van der Waals surface area contributed by atoms with E-state index in [0.29, 0.717) is 63.8 Å². The number of nitrogens with zero attached hydrogens (tertiary/aromatic N) is 3. The minimum absolute atomic E-state index is 0.231. The molecule has 0 fully saturated rings. The van der Waals surface area contributed by atoms with Crippen molar-refractivity contribution in [2.75, 3.05) is 11.9 Å². The molecule has 7 nitrogen and oxygen atoms in total. The van der Waals surface area contributed by atoms with E-state index in [4.69, 9.17) is 37.9 Å². The molecule has 2 aromatic carbocycles. The SMILES string of the molecule is CC(C)(C)OC(=O)CCCNc1nccc(-c2[nH]c(-c3c(Cl)cccc3Cl)nc2-c2cccc(Br)c2)n1. The van der Waals surface area contributed by atoms with Crippen LogP contribution >= 0.6 is 39.1 Å².